The van der Waals surface area contributed by atoms with Gasteiger partial charge in [0.1, 0.15) is 15.6 Å². The van der Waals surface area contributed by atoms with Crippen molar-refractivity contribution in [3.05, 3.63) is 29.8 Å². The first-order chi connectivity index (χ1) is 11.9. The third kappa shape index (κ3) is 8.74. The highest BCUT2D eigenvalue weighted by Crippen LogP contribution is 2.18. The quantitative estimate of drug-likeness (QED) is 0.378. The fraction of sp³-hybridized carbons (Fsp3) is 0.588. The second-order valence-electron chi connectivity index (χ2n) is 5.65. The molecule has 7 nitrogen and oxygen atoms in total. The molecular weight excluding hydrogens is 342 g/mol. The van der Waals surface area contributed by atoms with E-state index in [2.05, 4.69) is 10.3 Å². The largest absolute Gasteiger partial charge is 0.496 e. The molecule has 0 fully saturated rings. The summed E-state index contributed by atoms with van der Waals surface area (Å²) in [5, 5.41) is 3.24. The zero-order valence-electron chi connectivity index (χ0n) is 15.5. The molecule has 8 heteroatoms. The van der Waals surface area contributed by atoms with Crippen molar-refractivity contribution < 1.29 is 17.9 Å². The van der Waals surface area contributed by atoms with E-state index in [0.717, 1.165) is 23.8 Å². The molecule has 0 saturated carbocycles. The summed E-state index contributed by atoms with van der Waals surface area (Å²) in [6, 6.07) is 7.87. The van der Waals surface area contributed by atoms with Crippen LogP contribution in [0.2, 0.25) is 0 Å². The van der Waals surface area contributed by atoms with Gasteiger partial charge in [-0.25, -0.2) is 8.42 Å². The van der Waals surface area contributed by atoms with E-state index in [1.54, 1.807) is 7.11 Å². The summed E-state index contributed by atoms with van der Waals surface area (Å²) in [4.78, 5) is 6.53. The molecule has 1 rings (SSSR count). The van der Waals surface area contributed by atoms with Gasteiger partial charge in [-0.3, -0.25) is 4.99 Å². The Labute approximate surface area is 151 Å². The van der Waals surface area contributed by atoms with E-state index >= 15 is 0 Å². The number of hydrogen-bond acceptors (Lipinski definition) is 5. The van der Waals surface area contributed by atoms with Crippen molar-refractivity contribution in [3.8, 4) is 5.75 Å². The molecule has 1 aromatic rings. The number of nitrogens with one attached hydrogen (secondary N) is 1. The number of ether oxygens (including phenoxy) is 2. The van der Waals surface area contributed by atoms with Crippen molar-refractivity contribution in [3.63, 3.8) is 0 Å². The number of para-hydroxylation sites is 1. The van der Waals surface area contributed by atoms with Crippen molar-refractivity contribution in [2.75, 3.05) is 52.5 Å². The Balaban J connectivity index is 2.56. The number of methoxy groups -OCH3 is 1. The van der Waals surface area contributed by atoms with Gasteiger partial charge in [0, 0.05) is 32.0 Å². The first-order valence-corrected chi connectivity index (χ1v) is 10.3. The van der Waals surface area contributed by atoms with E-state index in [4.69, 9.17) is 9.47 Å². The van der Waals surface area contributed by atoms with Gasteiger partial charge < -0.3 is 19.7 Å². The zero-order valence-corrected chi connectivity index (χ0v) is 16.3. The van der Waals surface area contributed by atoms with Crippen molar-refractivity contribution in [2.45, 2.75) is 13.5 Å². The average molecular weight is 372 g/mol. The number of guanidine groups is 1. The van der Waals surface area contributed by atoms with Crippen molar-refractivity contribution in [1.29, 1.82) is 0 Å². The van der Waals surface area contributed by atoms with Crippen LogP contribution in [0, 0.1) is 0 Å². The van der Waals surface area contributed by atoms with Gasteiger partial charge in [-0.15, -0.1) is 0 Å². The van der Waals surface area contributed by atoms with Crippen molar-refractivity contribution in [1.82, 2.24) is 10.2 Å². The molecule has 0 atom stereocenters. The van der Waals surface area contributed by atoms with Crippen molar-refractivity contribution in [2.24, 2.45) is 4.99 Å². The van der Waals surface area contributed by atoms with Crippen LogP contribution < -0.4 is 10.1 Å². The fourth-order valence-corrected chi connectivity index (χ4v) is 2.58. The molecule has 1 aromatic carbocycles. The molecule has 0 radical (unpaired) electrons. The molecule has 0 saturated heterocycles. The monoisotopic (exact) mass is 371 g/mol. The summed E-state index contributed by atoms with van der Waals surface area (Å²) in [7, 11) is 0.631. The molecule has 0 unspecified atom stereocenters. The van der Waals surface area contributed by atoms with Gasteiger partial charge in [0.15, 0.2) is 5.96 Å². The highest BCUT2D eigenvalue weighted by atomic mass is 32.2. The van der Waals surface area contributed by atoms with E-state index in [0.29, 0.717) is 19.7 Å². The van der Waals surface area contributed by atoms with E-state index in [-0.39, 0.29) is 12.4 Å². The number of aliphatic imine (C=N–C) groups is 1. The van der Waals surface area contributed by atoms with Crippen LogP contribution in [0.5, 0.6) is 5.75 Å². The Hall–Kier alpha value is -1.80. The third-order valence-corrected chi connectivity index (χ3v) is 4.30. The first-order valence-electron chi connectivity index (χ1n) is 8.24. The molecule has 0 aliphatic carbocycles. The zero-order chi connectivity index (χ0) is 18.7. The lowest BCUT2D eigenvalue weighted by atomic mass is 10.2. The minimum Gasteiger partial charge on any atom is -0.496 e. The fourth-order valence-electron chi connectivity index (χ4n) is 2.16. The predicted octanol–water partition coefficient (Wildman–Crippen LogP) is 1.15. The lowest BCUT2D eigenvalue weighted by molar-refractivity contribution is 0.157. The number of rotatable bonds is 10. The van der Waals surface area contributed by atoms with Gasteiger partial charge in [-0.2, -0.15) is 0 Å². The van der Waals surface area contributed by atoms with E-state index < -0.39 is 9.84 Å². The summed E-state index contributed by atoms with van der Waals surface area (Å²) >= 11 is 0. The number of hydrogen-bond donors (Lipinski definition) is 1. The Kier molecular flexibility index (Phi) is 9.30. The Morgan fingerprint density at radius 2 is 2.00 bits per heavy atom. The van der Waals surface area contributed by atoms with E-state index in [1.807, 2.05) is 43.1 Å². The smallest absolute Gasteiger partial charge is 0.194 e. The minimum absolute atomic E-state index is 0.0322. The van der Waals surface area contributed by atoms with Crippen LogP contribution in [-0.2, 0) is 21.1 Å². The molecule has 0 amide bonds. The molecule has 0 aromatic heterocycles. The maximum absolute atomic E-state index is 11.0. The van der Waals surface area contributed by atoms with Crippen LogP contribution in [-0.4, -0.2) is 71.7 Å². The highest BCUT2D eigenvalue weighted by molar-refractivity contribution is 7.90. The van der Waals surface area contributed by atoms with E-state index in [9.17, 15) is 8.42 Å². The van der Waals surface area contributed by atoms with Gasteiger partial charge in [0.05, 0.1) is 32.6 Å². The second kappa shape index (κ2) is 10.9. The van der Waals surface area contributed by atoms with E-state index in [1.165, 1.54) is 6.26 Å². The number of nitrogens with zero attached hydrogens (tertiary/aromatic N) is 2. The van der Waals surface area contributed by atoms with Crippen LogP contribution in [0.25, 0.3) is 0 Å². The number of sulfone groups is 1. The topological polar surface area (TPSA) is 80.2 Å². The standard InChI is InChI=1S/C17H29N3O4S/c1-5-18-17(19-10-11-24-12-13-25(4,21)22)20(2)14-15-8-6-7-9-16(15)23-3/h6-9H,5,10-14H2,1-4H3,(H,18,19). The van der Waals surface area contributed by atoms with Crippen LogP contribution in [0.4, 0.5) is 0 Å². The van der Waals surface area contributed by atoms with Gasteiger partial charge in [0.2, 0.25) is 0 Å². The SMILES string of the molecule is CCNC(=NCCOCCS(C)(=O)=O)N(C)Cc1ccccc1OC. The molecule has 0 heterocycles. The Bertz CT molecular complexity index is 647. The molecule has 25 heavy (non-hydrogen) atoms. The lowest BCUT2D eigenvalue weighted by Crippen LogP contribution is -2.38. The maximum atomic E-state index is 11.0. The Morgan fingerprint density at radius 1 is 1.28 bits per heavy atom. The summed E-state index contributed by atoms with van der Waals surface area (Å²) < 4.78 is 32.8. The molecule has 1 N–H and O–H groups in total. The lowest BCUT2D eigenvalue weighted by Gasteiger charge is -2.23. The summed E-state index contributed by atoms with van der Waals surface area (Å²) in [5.74, 6) is 1.64. The normalized spacial score (nSPS) is 12.1. The third-order valence-electron chi connectivity index (χ3n) is 3.39. The summed E-state index contributed by atoms with van der Waals surface area (Å²) in [6.45, 7) is 4.46. The molecule has 0 aliphatic rings. The second-order valence-corrected chi connectivity index (χ2v) is 7.91. The number of benzene rings is 1. The van der Waals surface area contributed by atoms with Gasteiger partial charge >= 0.3 is 0 Å². The van der Waals surface area contributed by atoms with Crippen LogP contribution in [0.3, 0.4) is 0 Å². The molecule has 0 spiro atoms. The van der Waals surface area contributed by atoms with Crippen LogP contribution >= 0.6 is 0 Å². The highest BCUT2D eigenvalue weighted by Gasteiger charge is 2.09. The van der Waals surface area contributed by atoms with Gasteiger partial charge in [0.25, 0.3) is 0 Å². The first kappa shape index (κ1) is 21.2. The molecular formula is C17H29N3O4S. The minimum atomic E-state index is -2.98. The van der Waals surface area contributed by atoms with Gasteiger partial charge in [-0.05, 0) is 13.0 Å². The predicted molar refractivity (Wildman–Crippen MR) is 101 cm³/mol. The summed E-state index contributed by atoms with van der Waals surface area (Å²) in [6.07, 6.45) is 1.20. The van der Waals surface area contributed by atoms with Crippen LogP contribution in [0.15, 0.2) is 29.3 Å². The van der Waals surface area contributed by atoms with Crippen LogP contribution in [0.1, 0.15) is 12.5 Å². The summed E-state index contributed by atoms with van der Waals surface area (Å²) in [5.41, 5.74) is 1.07. The molecule has 0 aliphatic heterocycles. The maximum Gasteiger partial charge on any atom is 0.194 e. The molecule has 142 valence electrons. The van der Waals surface area contributed by atoms with Gasteiger partial charge in [-0.1, -0.05) is 18.2 Å². The average Bonchev–Trinajstić information content (AvgIpc) is 2.56. The Morgan fingerprint density at radius 3 is 2.64 bits per heavy atom. The van der Waals surface area contributed by atoms with Crippen molar-refractivity contribution >= 4 is 15.8 Å². The molecule has 0 bridgehead atoms.